The zero-order valence-electron chi connectivity index (χ0n) is 16.7. The van der Waals surface area contributed by atoms with Gasteiger partial charge in [0.25, 0.3) is 0 Å². The van der Waals surface area contributed by atoms with Gasteiger partial charge in [0.15, 0.2) is 0 Å². The zero-order valence-corrected chi connectivity index (χ0v) is 16.7. The minimum atomic E-state index is -0.847. The summed E-state index contributed by atoms with van der Waals surface area (Å²) in [6.45, 7) is 6.10. The van der Waals surface area contributed by atoms with Crippen molar-refractivity contribution in [1.82, 2.24) is 0 Å². The van der Waals surface area contributed by atoms with E-state index in [0.717, 1.165) is 17.7 Å². The molecule has 0 aromatic heterocycles. The summed E-state index contributed by atoms with van der Waals surface area (Å²) in [4.78, 5) is 0. The van der Waals surface area contributed by atoms with Crippen molar-refractivity contribution >= 4 is 5.69 Å². The van der Waals surface area contributed by atoms with Crippen LogP contribution in [0, 0.1) is 5.82 Å². The van der Waals surface area contributed by atoms with Crippen LogP contribution in [0.2, 0.25) is 0 Å². The molecule has 27 heavy (non-hydrogen) atoms. The molecular weight excluding hydrogens is 341 g/mol. The molecule has 0 saturated heterocycles. The summed E-state index contributed by atoms with van der Waals surface area (Å²) >= 11 is 0. The lowest BCUT2D eigenvalue weighted by molar-refractivity contribution is -0.00258. The van der Waals surface area contributed by atoms with Gasteiger partial charge in [0.1, 0.15) is 11.6 Å². The summed E-state index contributed by atoms with van der Waals surface area (Å²) in [5.41, 5.74) is 1.98. The van der Waals surface area contributed by atoms with E-state index in [1.807, 2.05) is 32.9 Å². The van der Waals surface area contributed by atoms with E-state index in [-0.39, 0.29) is 11.9 Å². The molecule has 0 fully saturated rings. The molecule has 3 nitrogen and oxygen atoms in total. The van der Waals surface area contributed by atoms with Crippen molar-refractivity contribution in [2.75, 3.05) is 12.4 Å². The number of methoxy groups -OCH3 is 1. The second-order valence-electron chi connectivity index (χ2n) is 8.39. The normalized spacial score (nSPS) is 18.5. The van der Waals surface area contributed by atoms with Gasteiger partial charge in [-0.2, -0.15) is 0 Å². The van der Waals surface area contributed by atoms with Gasteiger partial charge < -0.3 is 15.2 Å². The van der Waals surface area contributed by atoms with Crippen molar-refractivity contribution in [3.63, 3.8) is 0 Å². The highest BCUT2D eigenvalue weighted by Crippen LogP contribution is 2.41. The van der Waals surface area contributed by atoms with Gasteiger partial charge in [0.2, 0.25) is 0 Å². The molecule has 2 aromatic rings. The first-order chi connectivity index (χ1) is 12.8. The summed E-state index contributed by atoms with van der Waals surface area (Å²) < 4.78 is 19.3. The van der Waals surface area contributed by atoms with Gasteiger partial charge in [-0.1, -0.05) is 39.0 Å². The maximum atomic E-state index is 13.9. The Hall–Kier alpha value is -2.07. The van der Waals surface area contributed by atoms with Gasteiger partial charge in [-0.25, -0.2) is 4.39 Å². The highest BCUT2D eigenvalue weighted by Gasteiger charge is 2.38. The fraction of sp³-hybridized carbons (Fsp3) is 0.478. The SMILES string of the molecule is CCC(O)(CC1Cc2ccccc2N1)CC(C)(C)c1cc(F)ccc1OC. The van der Waals surface area contributed by atoms with Crippen LogP contribution >= 0.6 is 0 Å². The minimum Gasteiger partial charge on any atom is -0.496 e. The lowest BCUT2D eigenvalue weighted by atomic mass is 9.72. The van der Waals surface area contributed by atoms with Crippen LogP contribution in [0.1, 0.15) is 51.2 Å². The van der Waals surface area contributed by atoms with E-state index >= 15 is 0 Å². The molecule has 0 spiro atoms. The summed E-state index contributed by atoms with van der Waals surface area (Å²) in [6, 6.07) is 13.1. The number of rotatable bonds is 7. The van der Waals surface area contributed by atoms with E-state index in [2.05, 4.69) is 17.4 Å². The number of benzene rings is 2. The molecule has 4 heteroatoms. The standard InChI is InChI=1S/C23H30FNO2/c1-5-23(26,14-18-12-16-8-6-7-9-20(16)25-18)15-22(2,3)19-13-17(24)10-11-21(19)27-4/h6-11,13,18,25-26H,5,12,14-15H2,1-4H3. The fourth-order valence-electron chi connectivity index (χ4n) is 4.43. The van der Waals surface area contributed by atoms with Gasteiger partial charge >= 0.3 is 0 Å². The third kappa shape index (κ3) is 4.27. The number of hydrogen-bond acceptors (Lipinski definition) is 3. The third-order valence-corrected chi connectivity index (χ3v) is 5.79. The van der Waals surface area contributed by atoms with Crippen LogP contribution in [0.5, 0.6) is 5.75 Å². The Bertz CT molecular complexity index is 780. The van der Waals surface area contributed by atoms with Gasteiger partial charge in [-0.15, -0.1) is 0 Å². The van der Waals surface area contributed by atoms with Crippen LogP contribution < -0.4 is 10.1 Å². The Morgan fingerprint density at radius 3 is 2.63 bits per heavy atom. The van der Waals surface area contributed by atoms with Crippen molar-refractivity contribution in [3.8, 4) is 5.75 Å². The molecule has 0 aliphatic carbocycles. The van der Waals surface area contributed by atoms with Gasteiger partial charge in [-0.3, -0.25) is 0 Å². The van der Waals surface area contributed by atoms with Crippen molar-refractivity contribution < 1.29 is 14.2 Å². The average Bonchev–Trinajstić information content (AvgIpc) is 3.03. The Labute approximate surface area is 161 Å². The first-order valence-electron chi connectivity index (χ1n) is 9.67. The summed E-state index contributed by atoms with van der Waals surface area (Å²) in [6.07, 6.45) is 2.74. The van der Waals surface area contributed by atoms with Gasteiger partial charge in [0.05, 0.1) is 12.7 Å². The Morgan fingerprint density at radius 2 is 1.96 bits per heavy atom. The highest BCUT2D eigenvalue weighted by molar-refractivity contribution is 5.56. The molecular formula is C23H30FNO2. The van der Waals surface area contributed by atoms with E-state index in [9.17, 15) is 9.50 Å². The molecule has 2 N–H and O–H groups in total. The van der Waals surface area contributed by atoms with Gasteiger partial charge in [0, 0.05) is 17.3 Å². The van der Waals surface area contributed by atoms with E-state index < -0.39 is 11.0 Å². The maximum Gasteiger partial charge on any atom is 0.123 e. The lowest BCUT2D eigenvalue weighted by Gasteiger charge is -2.38. The number of anilines is 1. The van der Waals surface area contributed by atoms with E-state index in [0.29, 0.717) is 25.0 Å². The molecule has 0 amide bonds. The van der Waals surface area contributed by atoms with Crippen molar-refractivity contribution in [2.24, 2.45) is 0 Å². The Morgan fingerprint density at radius 1 is 1.22 bits per heavy atom. The number of fused-ring (bicyclic) bond motifs is 1. The van der Waals surface area contributed by atoms with Crippen LogP contribution in [0.15, 0.2) is 42.5 Å². The molecule has 0 radical (unpaired) electrons. The summed E-state index contributed by atoms with van der Waals surface area (Å²) in [7, 11) is 1.60. The predicted octanol–water partition coefficient (Wildman–Crippen LogP) is 5.07. The molecule has 2 aromatic carbocycles. The molecule has 1 aliphatic heterocycles. The smallest absolute Gasteiger partial charge is 0.123 e. The second kappa shape index (κ2) is 7.51. The predicted molar refractivity (Wildman–Crippen MR) is 108 cm³/mol. The fourth-order valence-corrected chi connectivity index (χ4v) is 4.43. The van der Waals surface area contributed by atoms with Crippen molar-refractivity contribution in [3.05, 3.63) is 59.4 Å². The van der Waals surface area contributed by atoms with Crippen molar-refractivity contribution in [1.29, 1.82) is 0 Å². The summed E-state index contributed by atoms with van der Waals surface area (Å²) in [5, 5.41) is 15.0. The quantitative estimate of drug-likeness (QED) is 0.714. The van der Waals surface area contributed by atoms with Crippen LogP contribution in [0.25, 0.3) is 0 Å². The van der Waals surface area contributed by atoms with Crippen molar-refractivity contribution in [2.45, 2.75) is 63.5 Å². The molecule has 2 atom stereocenters. The zero-order chi connectivity index (χ0) is 19.7. The first kappa shape index (κ1) is 19.7. The number of ether oxygens (including phenoxy) is 1. The molecule has 0 saturated carbocycles. The maximum absolute atomic E-state index is 13.9. The Balaban J connectivity index is 1.78. The topological polar surface area (TPSA) is 41.5 Å². The molecule has 1 aliphatic rings. The second-order valence-corrected chi connectivity index (χ2v) is 8.39. The average molecular weight is 371 g/mol. The molecule has 146 valence electrons. The summed E-state index contributed by atoms with van der Waals surface area (Å²) in [5.74, 6) is 0.373. The van der Waals surface area contributed by atoms with Crippen LogP contribution in [-0.2, 0) is 11.8 Å². The number of aliphatic hydroxyl groups is 1. The minimum absolute atomic E-state index is 0.206. The van der Waals surface area contributed by atoms with Gasteiger partial charge in [-0.05, 0) is 60.9 Å². The van der Waals surface area contributed by atoms with E-state index in [4.69, 9.17) is 4.74 Å². The molecule has 3 rings (SSSR count). The largest absolute Gasteiger partial charge is 0.496 e. The lowest BCUT2D eigenvalue weighted by Crippen LogP contribution is -2.40. The number of para-hydroxylation sites is 1. The van der Waals surface area contributed by atoms with Crippen LogP contribution in [-0.4, -0.2) is 23.9 Å². The van der Waals surface area contributed by atoms with E-state index in [1.54, 1.807) is 13.2 Å². The monoisotopic (exact) mass is 371 g/mol. The number of halogens is 1. The molecule has 0 bridgehead atoms. The highest BCUT2D eigenvalue weighted by atomic mass is 19.1. The molecule has 1 heterocycles. The first-order valence-corrected chi connectivity index (χ1v) is 9.67. The van der Waals surface area contributed by atoms with Crippen LogP contribution in [0.3, 0.4) is 0 Å². The Kier molecular flexibility index (Phi) is 5.48. The molecule has 2 unspecified atom stereocenters. The van der Waals surface area contributed by atoms with E-state index in [1.165, 1.54) is 17.7 Å². The number of hydrogen-bond donors (Lipinski definition) is 2. The van der Waals surface area contributed by atoms with Crippen LogP contribution in [0.4, 0.5) is 10.1 Å². The number of nitrogens with one attached hydrogen (secondary N) is 1. The third-order valence-electron chi connectivity index (χ3n) is 5.79.